The van der Waals surface area contributed by atoms with Crippen molar-refractivity contribution in [2.24, 2.45) is 5.92 Å². The number of hydrogen-bond donors (Lipinski definition) is 0. The summed E-state index contributed by atoms with van der Waals surface area (Å²) in [6, 6.07) is 0. The molecule has 0 N–H and O–H groups in total. The third kappa shape index (κ3) is 15.7. The molecule has 0 unspecified atom stereocenters. The minimum absolute atomic E-state index is 0.337. The van der Waals surface area contributed by atoms with Crippen molar-refractivity contribution in [2.45, 2.75) is 116 Å². The van der Waals surface area contributed by atoms with Crippen LogP contribution in [0, 0.1) is 17.8 Å². The van der Waals surface area contributed by atoms with Gasteiger partial charge in [-0.2, -0.15) is 0 Å². The van der Waals surface area contributed by atoms with Crippen LogP contribution in [0.4, 0.5) is 0 Å². The van der Waals surface area contributed by atoms with E-state index in [1.807, 2.05) is 0 Å². The van der Waals surface area contributed by atoms with Gasteiger partial charge in [-0.05, 0) is 46.0 Å². The predicted molar refractivity (Wildman–Crippen MR) is 112 cm³/mol. The fourth-order valence-electron chi connectivity index (χ4n) is 3.52. The predicted octanol–water partition coefficient (Wildman–Crippen LogP) is 6.91. The fourth-order valence-corrected chi connectivity index (χ4v) is 3.52. The van der Waals surface area contributed by atoms with Gasteiger partial charge in [-0.3, -0.25) is 0 Å². The van der Waals surface area contributed by atoms with Crippen LogP contribution in [-0.2, 0) is 9.47 Å². The highest BCUT2D eigenvalue weighted by atomic mass is 16.5. The Labute approximate surface area is 163 Å². The first-order chi connectivity index (χ1) is 12.8. The Morgan fingerprint density at radius 3 is 2.04 bits per heavy atom. The Kier molecular flexibility index (Phi) is 16.2. The van der Waals surface area contributed by atoms with Crippen LogP contribution >= 0.6 is 0 Å². The highest BCUT2D eigenvalue weighted by molar-refractivity contribution is 5.04. The summed E-state index contributed by atoms with van der Waals surface area (Å²) in [5.74, 6) is 7.66. The van der Waals surface area contributed by atoms with Crippen molar-refractivity contribution in [3.63, 3.8) is 0 Å². The quantitative estimate of drug-likeness (QED) is 0.232. The van der Waals surface area contributed by atoms with Crippen molar-refractivity contribution in [1.29, 1.82) is 0 Å². The molecule has 1 aliphatic rings. The zero-order valence-corrected chi connectivity index (χ0v) is 17.7. The molecule has 0 spiro atoms. The molecular formula is C24H44O2. The lowest BCUT2D eigenvalue weighted by Gasteiger charge is -2.15. The third-order valence-corrected chi connectivity index (χ3v) is 5.14. The summed E-state index contributed by atoms with van der Waals surface area (Å²) in [6.07, 6.45) is 20.1. The first-order valence-electron chi connectivity index (χ1n) is 11.5. The summed E-state index contributed by atoms with van der Waals surface area (Å²) >= 11 is 0. The standard InChI is InChI=1S/C24H44O2/c1-23(2)26-22-16-21-25-20-15-10-8-6-4-3-5-7-9-12-17-24-18-13-11-14-19-24/h23-24H,3-11,13-16,18-22H2,1-2H3. The van der Waals surface area contributed by atoms with E-state index < -0.39 is 0 Å². The minimum Gasteiger partial charge on any atom is -0.381 e. The van der Waals surface area contributed by atoms with Crippen LogP contribution in [0.15, 0.2) is 0 Å². The van der Waals surface area contributed by atoms with Crippen LogP contribution in [0.1, 0.15) is 110 Å². The molecule has 0 aliphatic heterocycles. The maximum Gasteiger partial charge on any atom is 0.0518 e. The zero-order chi connectivity index (χ0) is 18.7. The van der Waals surface area contributed by atoms with Crippen molar-refractivity contribution < 1.29 is 9.47 Å². The lowest BCUT2D eigenvalue weighted by atomic mass is 9.90. The van der Waals surface area contributed by atoms with E-state index >= 15 is 0 Å². The molecular weight excluding hydrogens is 320 g/mol. The maximum atomic E-state index is 5.65. The van der Waals surface area contributed by atoms with Crippen molar-refractivity contribution in [2.75, 3.05) is 19.8 Å². The zero-order valence-electron chi connectivity index (χ0n) is 17.7. The van der Waals surface area contributed by atoms with Crippen molar-refractivity contribution >= 4 is 0 Å². The van der Waals surface area contributed by atoms with E-state index in [-0.39, 0.29) is 0 Å². The Balaban J connectivity index is 1.71. The number of ether oxygens (including phenoxy) is 2. The monoisotopic (exact) mass is 364 g/mol. The topological polar surface area (TPSA) is 18.5 Å². The van der Waals surface area contributed by atoms with Gasteiger partial charge >= 0.3 is 0 Å². The Hall–Kier alpha value is -0.520. The average molecular weight is 365 g/mol. The van der Waals surface area contributed by atoms with Gasteiger partial charge in [0.2, 0.25) is 0 Å². The van der Waals surface area contributed by atoms with Crippen LogP contribution in [0.3, 0.4) is 0 Å². The highest BCUT2D eigenvalue weighted by Crippen LogP contribution is 2.22. The van der Waals surface area contributed by atoms with E-state index in [4.69, 9.17) is 9.47 Å². The van der Waals surface area contributed by atoms with Gasteiger partial charge in [0.1, 0.15) is 0 Å². The van der Waals surface area contributed by atoms with E-state index in [1.54, 1.807) is 0 Å². The van der Waals surface area contributed by atoms with E-state index in [1.165, 1.54) is 83.5 Å². The molecule has 0 amide bonds. The summed E-state index contributed by atoms with van der Waals surface area (Å²) in [5.41, 5.74) is 0. The second-order valence-electron chi connectivity index (χ2n) is 8.12. The van der Waals surface area contributed by atoms with Crippen molar-refractivity contribution in [1.82, 2.24) is 0 Å². The summed E-state index contributed by atoms with van der Waals surface area (Å²) in [4.78, 5) is 0. The molecule has 1 rings (SSSR count). The highest BCUT2D eigenvalue weighted by Gasteiger charge is 2.09. The molecule has 1 fully saturated rings. The smallest absolute Gasteiger partial charge is 0.0518 e. The van der Waals surface area contributed by atoms with E-state index in [9.17, 15) is 0 Å². The molecule has 0 radical (unpaired) electrons. The van der Waals surface area contributed by atoms with Crippen LogP contribution in [0.25, 0.3) is 0 Å². The molecule has 0 aromatic rings. The summed E-state index contributed by atoms with van der Waals surface area (Å²) in [5, 5.41) is 0. The molecule has 1 aliphatic carbocycles. The van der Waals surface area contributed by atoms with Crippen LogP contribution < -0.4 is 0 Å². The van der Waals surface area contributed by atoms with Gasteiger partial charge in [0.25, 0.3) is 0 Å². The molecule has 0 aromatic heterocycles. The molecule has 152 valence electrons. The molecule has 0 bridgehead atoms. The average Bonchev–Trinajstić information content (AvgIpc) is 2.65. The number of rotatable bonds is 15. The lowest BCUT2D eigenvalue weighted by Crippen LogP contribution is -2.07. The maximum absolute atomic E-state index is 5.65. The van der Waals surface area contributed by atoms with Gasteiger partial charge in [0.05, 0.1) is 6.10 Å². The molecule has 26 heavy (non-hydrogen) atoms. The SMILES string of the molecule is CC(C)OCCCOCCCCCCCCCCC#CC1CCCCC1. The lowest BCUT2D eigenvalue weighted by molar-refractivity contribution is 0.0507. The summed E-state index contributed by atoms with van der Waals surface area (Å²) in [6.45, 7) is 6.74. The first kappa shape index (κ1) is 23.5. The largest absolute Gasteiger partial charge is 0.381 e. The summed E-state index contributed by atoms with van der Waals surface area (Å²) in [7, 11) is 0. The minimum atomic E-state index is 0.337. The van der Waals surface area contributed by atoms with Gasteiger partial charge < -0.3 is 9.47 Å². The number of unbranched alkanes of at least 4 members (excludes halogenated alkanes) is 8. The van der Waals surface area contributed by atoms with Crippen LogP contribution in [0.2, 0.25) is 0 Å². The second kappa shape index (κ2) is 17.9. The van der Waals surface area contributed by atoms with E-state index in [0.29, 0.717) is 6.10 Å². The molecule has 0 saturated heterocycles. The van der Waals surface area contributed by atoms with Crippen LogP contribution in [-0.4, -0.2) is 25.9 Å². The molecule has 0 atom stereocenters. The van der Waals surface area contributed by atoms with Gasteiger partial charge in [0, 0.05) is 32.2 Å². The van der Waals surface area contributed by atoms with Crippen molar-refractivity contribution in [3.8, 4) is 11.8 Å². The number of hydrogen-bond acceptors (Lipinski definition) is 2. The van der Waals surface area contributed by atoms with E-state index in [2.05, 4.69) is 25.7 Å². The Morgan fingerprint density at radius 2 is 1.35 bits per heavy atom. The summed E-state index contributed by atoms with van der Waals surface area (Å²) < 4.78 is 11.1. The van der Waals surface area contributed by atoms with Crippen molar-refractivity contribution in [3.05, 3.63) is 0 Å². The van der Waals surface area contributed by atoms with Gasteiger partial charge in [-0.15, -0.1) is 5.92 Å². The molecule has 0 heterocycles. The molecule has 2 heteroatoms. The van der Waals surface area contributed by atoms with Gasteiger partial charge in [-0.25, -0.2) is 0 Å². The first-order valence-corrected chi connectivity index (χ1v) is 11.5. The van der Waals surface area contributed by atoms with Gasteiger partial charge in [0.15, 0.2) is 0 Å². The Morgan fingerprint density at radius 1 is 0.731 bits per heavy atom. The fraction of sp³-hybridized carbons (Fsp3) is 0.917. The van der Waals surface area contributed by atoms with E-state index in [0.717, 1.165) is 38.6 Å². The van der Waals surface area contributed by atoms with Gasteiger partial charge in [-0.1, -0.05) is 63.7 Å². The second-order valence-corrected chi connectivity index (χ2v) is 8.12. The normalized spacial score (nSPS) is 15.2. The third-order valence-electron chi connectivity index (χ3n) is 5.14. The van der Waals surface area contributed by atoms with Crippen LogP contribution in [0.5, 0.6) is 0 Å². The Bertz CT molecular complexity index is 347. The molecule has 0 aromatic carbocycles. The molecule has 2 nitrogen and oxygen atoms in total. The molecule has 1 saturated carbocycles.